The Hall–Kier alpha value is -2.56. The van der Waals surface area contributed by atoms with E-state index in [2.05, 4.69) is 56.2 Å². The van der Waals surface area contributed by atoms with E-state index in [1.807, 2.05) is 26.5 Å². The van der Waals surface area contributed by atoms with E-state index in [0.29, 0.717) is 161 Å². The number of carbonyl (C=O) groups excluding carboxylic acids is 6. The van der Waals surface area contributed by atoms with Gasteiger partial charge < -0.3 is 39.0 Å². The highest BCUT2D eigenvalue weighted by molar-refractivity contribution is 8.76. The minimum absolute atomic E-state index is 0.0198. The zero-order valence-corrected chi connectivity index (χ0v) is 53.8. The molecule has 0 radical (unpaired) electrons. The zero-order chi connectivity index (χ0) is 60.4. The number of piperazine rings is 1. The standard InChI is InChI=1S/C62H116N4O14S2/c1-7-9-41-76-58(71)26-15-11-22-54(67)48-65(49-55(68)23-12-16-27-59(72)77-42-10-8-2)33-19-20-46-81-82-47-40-64-37-35-63(36-38-64)39-45-80-62(75)30-21-34-66(50-56(69)24-13-17-28-60(73)78-43-31-52(3)4)51-57(70)25-14-18-29-61(74)79-44-32-53(5)6/h52-56,67-69H,7-51H2,1-6H3. The van der Waals surface area contributed by atoms with Crippen molar-refractivity contribution in [3.8, 4) is 0 Å². The summed E-state index contributed by atoms with van der Waals surface area (Å²) in [5.41, 5.74) is 0. The Morgan fingerprint density at radius 2 is 0.793 bits per heavy atom. The van der Waals surface area contributed by atoms with Gasteiger partial charge >= 0.3 is 29.8 Å². The molecule has 3 atom stereocenters. The van der Waals surface area contributed by atoms with Crippen LogP contribution in [0.1, 0.15) is 208 Å². The molecule has 18 nitrogen and oxygen atoms in total. The van der Waals surface area contributed by atoms with Gasteiger partial charge in [-0.2, -0.15) is 0 Å². The van der Waals surface area contributed by atoms with Crippen LogP contribution in [0.3, 0.4) is 0 Å². The van der Waals surface area contributed by atoms with Gasteiger partial charge in [-0.3, -0.25) is 48.4 Å². The lowest BCUT2D eigenvalue weighted by atomic mass is 10.1. The second kappa shape index (κ2) is 52.7. The summed E-state index contributed by atoms with van der Waals surface area (Å²) >= 11 is 0. The van der Waals surface area contributed by atoms with E-state index in [0.717, 1.165) is 115 Å². The van der Waals surface area contributed by atoms with E-state index in [1.54, 1.807) is 0 Å². The first kappa shape index (κ1) is 77.5. The molecule has 82 heavy (non-hydrogen) atoms. The summed E-state index contributed by atoms with van der Waals surface area (Å²) in [6.45, 7) is 22.5. The topological polar surface area (TPSA) is 222 Å². The minimum Gasteiger partial charge on any atom is -0.466 e. The Morgan fingerprint density at radius 3 is 1.26 bits per heavy atom. The van der Waals surface area contributed by atoms with Crippen LogP contribution in [-0.4, -0.2) is 212 Å². The van der Waals surface area contributed by atoms with Crippen LogP contribution in [0.15, 0.2) is 0 Å². The second-order valence-corrected chi connectivity index (χ2v) is 26.0. The van der Waals surface area contributed by atoms with Crippen molar-refractivity contribution < 1.29 is 67.8 Å². The summed E-state index contributed by atoms with van der Waals surface area (Å²) in [7, 11) is 3.78. The van der Waals surface area contributed by atoms with Gasteiger partial charge in [0.15, 0.2) is 0 Å². The van der Waals surface area contributed by atoms with Crippen LogP contribution in [-0.2, 0) is 52.5 Å². The van der Waals surface area contributed by atoms with Gasteiger partial charge in [0, 0.05) is 109 Å². The Bertz CT molecular complexity index is 1590. The number of esters is 5. The third-order valence-corrected chi connectivity index (χ3v) is 16.8. The number of carbonyl (C=O) groups is 6. The van der Waals surface area contributed by atoms with Crippen molar-refractivity contribution in [3.63, 3.8) is 0 Å². The molecular weight excluding hydrogens is 1090 g/mol. The number of aliphatic hydroxyl groups excluding tert-OH is 3. The molecule has 20 heteroatoms. The van der Waals surface area contributed by atoms with Crippen molar-refractivity contribution in [2.24, 2.45) is 11.8 Å². The van der Waals surface area contributed by atoms with Gasteiger partial charge in [0.1, 0.15) is 12.4 Å². The van der Waals surface area contributed by atoms with E-state index in [-0.39, 0.29) is 61.6 Å². The van der Waals surface area contributed by atoms with E-state index in [1.165, 1.54) is 0 Å². The molecule has 0 spiro atoms. The number of ether oxygens (including phenoxy) is 5. The zero-order valence-electron chi connectivity index (χ0n) is 52.1. The van der Waals surface area contributed by atoms with Gasteiger partial charge in [-0.15, -0.1) is 0 Å². The van der Waals surface area contributed by atoms with E-state index >= 15 is 0 Å². The van der Waals surface area contributed by atoms with Crippen molar-refractivity contribution in [3.05, 3.63) is 0 Å². The number of ketones is 1. The number of Topliss-reactive ketones (excluding diaryl/α,β-unsaturated/α-hetero) is 1. The Balaban J connectivity index is 2.43. The first-order valence-electron chi connectivity index (χ1n) is 32.0. The van der Waals surface area contributed by atoms with Crippen LogP contribution in [0, 0.1) is 11.8 Å². The van der Waals surface area contributed by atoms with Crippen LogP contribution in [0.4, 0.5) is 0 Å². The average Bonchev–Trinajstić information content (AvgIpc) is 3.43. The van der Waals surface area contributed by atoms with Gasteiger partial charge in [-0.1, -0.05) is 95.2 Å². The first-order valence-corrected chi connectivity index (χ1v) is 34.5. The van der Waals surface area contributed by atoms with Crippen molar-refractivity contribution in [1.82, 2.24) is 19.6 Å². The largest absolute Gasteiger partial charge is 0.466 e. The molecule has 0 aromatic rings. The van der Waals surface area contributed by atoms with Crippen LogP contribution in [0.5, 0.6) is 0 Å². The molecule has 0 aromatic carbocycles. The van der Waals surface area contributed by atoms with E-state index in [9.17, 15) is 44.1 Å². The van der Waals surface area contributed by atoms with Gasteiger partial charge in [-0.25, -0.2) is 0 Å². The Morgan fingerprint density at radius 1 is 0.415 bits per heavy atom. The third-order valence-electron chi connectivity index (χ3n) is 14.4. The fourth-order valence-electron chi connectivity index (χ4n) is 9.12. The van der Waals surface area contributed by atoms with E-state index < -0.39 is 18.3 Å². The summed E-state index contributed by atoms with van der Waals surface area (Å²) in [5.74, 6) is 1.88. The number of hydrogen-bond donors (Lipinski definition) is 3. The number of rotatable bonds is 56. The monoisotopic (exact) mass is 1200 g/mol. The predicted molar refractivity (Wildman–Crippen MR) is 330 cm³/mol. The number of nitrogens with zero attached hydrogens (tertiary/aromatic N) is 4. The fraction of sp³-hybridized carbons (Fsp3) is 0.903. The lowest BCUT2D eigenvalue weighted by Gasteiger charge is -2.34. The van der Waals surface area contributed by atoms with Crippen molar-refractivity contribution in [1.29, 1.82) is 0 Å². The molecule has 3 N–H and O–H groups in total. The molecule has 0 aromatic heterocycles. The molecule has 1 aliphatic heterocycles. The maximum Gasteiger partial charge on any atom is 0.305 e. The predicted octanol–water partition coefficient (Wildman–Crippen LogP) is 9.45. The molecule has 0 aliphatic carbocycles. The smallest absolute Gasteiger partial charge is 0.305 e. The molecule has 1 saturated heterocycles. The highest BCUT2D eigenvalue weighted by Gasteiger charge is 2.21. The van der Waals surface area contributed by atoms with Crippen LogP contribution in [0.25, 0.3) is 0 Å². The summed E-state index contributed by atoms with van der Waals surface area (Å²) in [5, 5.41) is 32.8. The molecule has 480 valence electrons. The number of aliphatic hydroxyl groups is 3. The number of unbranched alkanes of at least 4 members (excludes halogenated alkanes) is 7. The van der Waals surface area contributed by atoms with Crippen LogP contribution in [0.2, 0.25) is 0 Å². The van der Waals surface area contributed by atoms with Gasteiger partial charge in [-0.05, 0) is 121 Å². The van der Waals surface area contributed by atoms with Crippen LogP contribution < -0.4 is 0 Å². The summed E-state index contributed by atoms with van der Waals surface area (Å²) < 4.78 is 26.8. The molecule has 0 amide bonds. The average molecular weight is 1210 g/mol. The lowest BCUT2D eigenvalue weighted by Crippen LogP contribution is -2.47. The summed E-state index contributed by atoms with van der Waals surface area (Å²) in [6.07, 6.45) is 14.7. The van der Waals surface area contributed by atoms with Crippen molar-refractivity contribution >= 4 is 57.2 Å². The summed E-state index contributed by atoms with van der Waals surface area (Å²) in [4.78, 5) is 82.9. The first-order chi connectivity index (χ1) is 39.5. The van der Waals surface area contributed by atoms with E-state index in [4.69, 9.17) is 23.7 Å². The quantitative estimate of drug-likeness (QED) is 0.0223. The molecule has 1 heterocycles. The molecule has 3 unspecified atom stereocenters. The maximum atomic E-state index is 13.1. The molecule has 1 aliphatic rings. The Labute approximate surface area is 504 Å². The van der Waals surface area contributed by atoms with Crippen molar-refractivity contribution in [2.75, 3.05) is 123 Å². The molecule has 0 saturated carbocycles. The summed E-state index contributed by atoms with van der Waals surface area (Å²) in [6, 6.07) is 0. The molecule has 1 rings (SSSR count). The Kier molecular flexibility index (Phi) is 49.8. The van der Waals surface area contributed by atoms with Crippen molar-refractivity contribution in [2.45, 2.75) is 227 Å². The second-order valence-electron chi connectivity index (χ2n) is 23.3. The van der Waals surface area contributed by atoms with Gasteiger partial charge in [0.05, 0.1) is 51.3 Å². The van der Waals surface area contributed by atoms with Gasteiger partial charge in [0.2, 0.25) is 0 Å². The number of hydrogen-bond acceptors (Lipinski definition) is 20. The maximum absolute atomic E-state index is 13.1. The third kappa shape index (κ3) is 48.7. The highest BCUT2D eigenvalue weighted by Crippen LogP contribution is 2.23. The minimum atomic E-state index is -0.692. The molecule has 1 fully saturated rings. The molecule has 0 bridgehead atoms. The lowest BCUT2D eigenvalue weighted by molar-refractivity contribution is -0.145. The van der Waals surface area contributed by atoms with Gasteiger partial charge in [0.25, 0.3) is 0 Å². The normalized spacial score (nSPS) is 14.4. The van der Waals surface area contributed by atoms with Crippen LogP contribution >= 0.6 is 21.6 Å². The SMILES string of the molecule is CCCCOC(=O)CCCCC(O)CN(CCCCSSCCN1CCN(CCOC(=O)CCCN(CC(=O)CCCCC(=O)OCCC(C)C)CC(O)CCCCC(=O)OCCC(C)C)CC1)CC(O)CCCCC(=O)OCCCC. The molecular formula is C62H116N4O14S2. The fourth-order valence-corrected chi connectivity index (χ4v) is 11.3. The highest BCUT2D eigenvalue weighted by atomic mass is 33.1.